The molecule has 1 N–H and O–H groups in total. The van der Waals surface area contributed by atoms with Gasteiger partial charge in [0.2, 0.25) is 0 Å². The van der Waals surface area contributed by atoms with E-state index < -0.39 is 0 Å². The molecule has 0 saturated heterocycles. The molecule has 0 fully saturated rings. The molecule has 5 heteroatoms. The maximum absolute atomic E-state index is 13.3. The highest BCUT2D eigenvalue weighted by Crippen LogP contribution is 2.27. The van der Waals surface area contributed by atoms with Crippen LogP contribution in [0.5, 0.6) is 5.75 Å². The Morgan fingerprint density at radius 3 is 2.65 bits per heavy atom. The molecule has 1 amide bonds. The SMILES string of the molecule is CCOc1ccc(NC(=O)c2oc3ccc(F)cc3c2C)cc1. The Labute approximate surface area is 132 Å². The molecule has 0 aliphatic carbocycles. The second-order valence-electron chi connectivity index (χ2n) is 5.11. The van der Waals surface area contributed by atoms with Gasteiger partial charge in [0.25, 0.3) is 5.91 Å². The van der Waals surface area contributed by atoms with Crippen LogP contribution in [0, 0.1) is 12.7 Å². The summed E-state index contributed by atoms with van der Waals surface area (Å²) in [4.78, 5) is 12.4. The van der Waals surface area contributed by atoms with Gasteiger partial charge in [-0.3, -0.25) is 4.79 Å². The molecule has 0 bridgehead atoms. The van der Waals surface area contributed by atoms with E-state index in [0.717, 1.165) is 5.75 Å². The fourth-order valence-corrected chi connectivity index (χ4v) is 2.40. The van der Waals surface area contributed by atoms with Crippen LogP contribution in [0.4, 0.5) is 10.1 Å². The average molecular weight is 313 g/mol. The zero-order chi connectivity index (χ0) is 16.4. The zero-order valence-electron chi connectivity index (χ0n) is 12.9. The van der Waals surface area contributed by atoms with E-state index in [0.29, 0.717) is 28.8 Å². The molecule has 3 rings (SSSR count). The number of carbonyl (C=O) groups excluding carboxylic acids is 1. The lowest BCUT2D eigenvalue weighted by atomic mass is 10.1. The number of amides is 1. The number of hydrogen-bond acceptors (Lipinski definition) is 3. The number of aryl methyl sites for hydroxylation is 1. The number of rotatable bonds is 4. The monoisotopic (exact) mass is 313 g/mol. The van der Waals surface area contributed by atoms with E-state index in [1.54, 1.807) is 31.2 Å². The summed E-state index contributed by atoms with van der Waals surface area (Å²) in [7, 11) is 0. The molecule has 1 aromatic heterocycles. The van der Waals surface area contributed by atoms with Crippen LogP contribution in [0.2, 0.25) is 0 Å². The first kappa shape index (κ1) is 15.1. The van der Waals surface area contributed by atoms with Gasteiger partial charge in [-0.15, -0.1) is 0 Å². The number of furan rings is 1. The Morgan fingerprint density at radius 2 is 1.96 bits per heavy atom. The number of ether oxygens (including phenoxy) is 1. The first-order valence-corrected chi connectivity index (χ1v) is 7.31. The highest BCUT2D eigenvalue weighted by molar-refractivity contribution is 6.06. The van der Waals surface area contributed by atoms with Crippen LogP contribution < -0.4 is 10.1 Å². The maximum atomic E-state index is 13.3. The lowest BCUT2D eigenvalue weighted by molar-refractivity contribution is 0.0998. The minimum Gasteiger partial charge on any atom is -0.494 e. The average Bonchev–Trinajstić information content (AvgIpc) is 2.86. The normalized spacial score (nSPS) is 10.7. The van der Waals surface area contributed by atoms with Gasteiger partial charge in [0.1, 0.15) is 17.1 Å². The Bertz CT molecular complexity index is 853. The maximum Gasteiger partial charge on any atom is 0.291 e. The Balaban J connectivity index is 1.84. The molecule has 118 valence electrons. The van der Waals surface area contributed by atoms with Crippen LogP contribution in [-0.2, 0) is 0 Å². The van der Waals surface area contributed by atoms with E-state index in [-0.39, 0.29) is 17.5 Å². The quantitative estimate of drug-likeness (QED) is 0.770. The first-order valence-electron chi connectivity index (χ1n) is 7.31. The molecule has 23 heavy (non-hydrogen) atoms. The molecule has 1 heterocycles. The van der Waals surface area contributed by atoms with Crippen LogP contribution in [0.15, 0.2) is 46.9 Å². The number of hydrogen-bond donors (Lipinski definition) is 1. The molecule has 0 aliphatic heterocycles. The molecule has 3 aromatic rings. The van der Waals surface area contributed by atoms with Gasteiger partial charge in [-0.05, 0) is 56.3 Å². The number of halogens is 1. The number of benzene rings is 2. The van der Waals surface area contributed by atoms with Crippen molar-refractivity contribution in [1.29, 1.82) is 0 Å². The first-order chi connectivity index (χ1) is 11.1. The molecule has 4 nitrogen and oxygen atoms in total. The Kier molecular flexibility index (Phi) is 4.02. The minimum atomic E-state index is -0.372. The summed E-state index contributed by atoms with van der Waals surface area (Å²) in [6, 6.07) is 11.2. The van der Waals surface area contributed by atoms with E-state index in [1.165, 1.54) is 18.2 Å². The number of anilines is 1. The summed E-state index contributed by atoms with van der Waals surface area (Å²) in [6.07, 6.45) is 0. The molecule has 0 saturated carbocycles. The molecule has 0 unspecified atom stereocenters. The van der Waals surface area contributed by atoms with Crippen molar-refractivity contribution in [2.24, 2.45) is 0 Å². The van der Waals surface area contributed by atoms with Crippen LogP contribution in [-0.4, -0.2) is 12.5 Å². The number of carbonyl (C=O) groups is 1. The van der Waals surface area contributed by atoms with Gasteiger partial charge in [0.05, 0.1) is 6.61 Å². The zero-order valence-corrected chi connectivity index (χ0v) is 12.9. The van der Waals surface area contributed by atoms with Gasteiger partial charge < -0.3 is 14.5 Å². The third-order valence-electron chi connectivity index (χ3n) is 3.53. The van der Waals surface area contributed by atoms with Crippen molar-refractivity contribution in [3.63, 3.8) is 0 Å². The minimum absolute atomic E-state index is 0.180. The van der Waals surface area contributed by atoms with E-state index in [2.05, 4.69) is 5.32 Å². The molecule has 2 aromatic carbocycles. The lowest BCUT2D eigenvalue weighted by Crippen LogP contribution is -2.12. The molecule has 0 spiro atoms. The van der Waals surface area contributed by atoms with Crippen LogP contribution >= 0.6 is 0 Å². The largest absolute Gasteiger partial charge is 0.494 e. The van der Waals surface area contributed by atoms with Gasteiger partial charge in [0.15, 0.2) is 5.76 Å². The Hall–Kier alpha value is -2.82. The van der Waals surface area contributed by atoms with Crippen molar-refractivity contribution in [3.8, 4) is 5.75 Å². The molecular weight excluding hydrogens is 297 g/mol. The standard InChI is InChI=1S/C18H16FNO3/c1-3-22-14-7-5-13(6-8-14)20-18(21)17-11(2)15-10-12(19)4-9-16(15)23-17/h4-10H,3H2,1-2H3,(H,20,21). The fraction of sp³-hybridized carbons (Fsp3) is 0.167. The van der Waals surface area contributed by atoms with Crippen LogP contribution in [0.3, 0.4) is 0 Å². The number of fused-ring (bicyclic) bond motifs is 1. The second-order valence-corrected chi connectivity index (χ2v) is 5.11. The highest BCUT2D eigenvalue weighted by atomic mass is 19.1. The summed E-state index contributed by atoms with van der Waals surface area (Å²) >= 11 is 0. The molecular formula is C18H16FNO3. The van der Waals surface area contributed by atoms with Gasteiger partial charge >= 0.3 is 0 Å². The second kappa shape index (κ2) is 6.12. The van der Waals surface area contributed by atoms with E-state index in [9.17, 15) is 9.18 Å². The third-order valence-corrected chi connectivity index (χ3v) is 3.53. The summed E-state index contributed by atoms with van der Waals surface area (Å²) in [6.45, 7) is 4.22. The fourth-order valence-electron chi connectivity index (χ4n) is 2.40. The lowest BCUT2D eigenvalue weighted by Gasteiger charge is -2.06. The number of nitrogens with one attached hydrogen (secondary N) is 1. The van der Waals surface area contributed by atoms with E-state index >= 15 is 0 Å². The van der Waals surface area contributed by atoms with Gasteiger partial charge in [0, 0.05) is 16.6 Å². The van der Waals surface area contributed by atoms with Crippen molar-refractivity contribution >= 4 is 22.6 Å². The molecule has 0 atom stereocenters. The van der Waals surface area contributed by atoms with E-state index in [1.807, 2.05) is 6.92 Å². The van der Waals surface area contributed by atoms with Crippen molar-refractivity contribution < 1.29 is 18.3 Å². The van der Waals surface area contributed by atoms with Gasteiger partial charge in [-0.2, -0.15) is 0 Å². The van der Waals surface area contributed by atoms with Crippen molar-refractivity contribution in [3.05, 3.63) is 59.6 Å². The molecule has 0 aliphatic rings. The summed E-state index contributed by atoms with van der Waals surface area (Å²) in [5, 5.41) is 3.36. The summed E-state index contributed by atoms with van der Waals surface area (Å²) in [5.41, 5.74) is 1.73. The van der Waals surface area contributed by atoms with Gasteiger partial charge in [-0.1, -0.05) is 0 Å². The predicted octanol–water partition coefficient (Wildman–Crippen LogP) is 4.53. The molecule has 0 radical (unpaired) electrons. The van der Waals surface area contributed by atoms with Crippen molar-refractivity contribution in [1.82, 2.24) is 0 Å². The van der Waals surface area contributed by atoms with Crippen molar-refractivity contribution in [2.75, 3.05) is 11.9 Å². The van der Waals surface area contributed by atoms with Crippen LogP contribution in [0.1, 0.15) is 23.0 Å². The summed E-state index contributed by atoms with van der Waals surface area (Å²) < 4.78 is 24.2. The van der Waals surface area contributed by atoms with Crippen LogP contribution in [0.25, 0.3) is 11.0 Å². The predicted molar refractivity (Wildman–Crippen MR) is 86.5 cm³/mol. The topological polar surface area (TPSA) is 51.5 Å². The third kappa shape index (κ3) is 3.04. The Morgan fingerprint density at radius 1 is 1.22 bits per heavy atom. The summed E-state index contributed by atoms with van der Waals surface area (Å²) in [5.74, 6) is 0.184. The van der Waals surface area contributed by atoms with Crippen molar-refractivity contribution in [2.45, 2.75) is 13.8 Å². The van der Waals surface area contributed by atoms with Gasteiger partial charge in [-0.25, -0.2) is 4.39 Å². The highest BCUT2D eigenvalue weighted by Gasteiger charge is 2.18. The van der Waals surface area contributed by atoms with E-state index in [4.69, 9.17) is 9.15 Å². The smallest absolute Gasteiger partial charge is 0.291 e.